The summed E-state index contributed by atoms with van der Waals surface area (Å²) in [7, 11) is 0. The fourth-order valence-corrected chi connectivity index (χ4v) is 1.07. The summed E-state index contributed by atoms with van der Waals surface area (Å²) in [6.45, 7) is 3.42. The van der Waals surface area contributed by atoms with E-state index in [1.807, 2.05) is 0 Å². The van der Waals surface area contributed by atoms with Gasteiger partial charge in [0.2, 0.25) is 0 Å². The second-order valence-corrected chi connectivity index (χ2v) is 2.95. The molecule has 0 radical (unpaired) electrons. The van der Waals surface area contributed by atoms with E-state index in [9.17, 15) is 0 Å². The summed E-state index contributed by atoms with van der Waals surface area (Å²) in [5.41, 5.74) is 2.77. The second-order valence-electron chi connectivity index (χ2n) is 2.95. The second kappa shape index (κ2) is 4.41. The van der Waals surface area contributed by atoms with Crippen molar-refractivity contribution in [2.75, 3.05) is 0 Å². The molecule has 0 aromatic heterocycles. The van der Waals surface area contributed by atoms with Gasteiger partial charge in [-0.25, -0.2) is 0 Å². The van der Waals surface area contributed by atoms with Crippen molar-refractivity contribution in [3.8, 4) is 0 Å². The van der Waals surface area contributed by atoms with Gasteiger partial charge in [-0.05, 0) is 25.0 Å². The first-order valence-electron chi connectivity index (χ1n) is 4.17. The van der Waals surface area contributed by atoms with Gasteiger partial charge in [0.25, 0.3) is 0 Å². The molecule has 0 atom stereocenters. The highest BCUT2D eigenvalue weighted by Crippen LogP contribution is 2.06. The molecule has 4 heteroatoms. The predicted molar refractivity (Wildman–Crippen MR) is 54.4 cm³/mol. The van der Waals surface area contributed by atoms with Crippen molar-refractivity contribution in [1.29, 1.82) is 0 Å². The molecule has 0 fully saturated rings. The minimum absolute atomic E-state index is 0.551. The maximum atomic E-state index is 8.54. The highest BCUT2D eigenvalue weighted by Gasteiger charge is 2.00. The van der Waals surface area contributed by atoms with Gasteiger partial charge >= 0.3 is 0 Å². The first kappa shape index (κ1) is 10.2. The summed E-state index contributed by atoms with van der Waals surface area (Å²) in [5, 5.41) is 23.3. The lowest BCUT2D eigenvalue weighted by atomic mass is 10.1. The Morgan fingerprint density at radius 3 is 1.36 bits per heavy atom. The van der Waals surface area contributed by atoms with Crippen molar-refractivity contribution in [2.24, 2.45) is 10.3 Å². The van der Waals surface area contributed by atoms with E-state index in [1.54, 1.807) is 38.1 Å². The van der Waals surface area contributed by atoms with Gasteiger partial charge in [0.05, 0.1) is 11.4 Å². The van der Waals surface area contributed by atoms with Gasteiger partial charge in [-0.3, -0.25) is 0 Å². The molecule has 1 rings (SSSR count). The van der Waals surface area contributed by atoms with Crippen molar-refractivity contribution in [3.05, 3.63) is 35.4 Å². The van der Waals surface area contributed by atoms with Crippen LogP contribution in [0.5, 0.6) is 0 Å². The Labute approximate surface area is 82.2 Å². The fraction of sp³-hybridized carbons (Fsp3) is 0.200. The predicted octanol–water partition coefficient (Wildman–Crippen LogP) is 2.08. The molecular weight excluding hydrogens is 180 g/mol. The maximum Gasteiger partial charge on any atom is 0.0836 e. The molecule has 0 saturated carbocycles. The molecule has 1 aromatic carbocycles. The number of nitrogens with zero attached hydrogens (tertiary/aromatic N) is 2. The zero-order valence-corrected chi connectivity index (χ0v) is 8.10. The third kappa shape index (κ3) is 2.10. The Balaban J connectivity index is 3.01. The van der Waals surface area contributed by atoms with Gasteiger partial charge in [-0.2, -0.15) is 0 Å². The minimum Gasteiger partial charge on any atom is -0.411 e. The lowest BCUT2D eigenvalue weighted by Gasteiger charge is -2.01. The molecule has 0 aliphatic heterocycles. The van der Waals surface area contributed by atoms with Crippen LogP contribution in [0.15, 0.2) is 34.6 Å². The summed E-state index contributed by atoms with van der Waals surface area (Å²) in [6.07, 6.45) is 0. The minimum atomic E-state index is 0.551. The topological polar surface area (TPSA) is 65.2 Å². The lowest BCUT2D eigenvalue weighted by Crippen LogP contribution is -1.98. The molecular formula is C10H12N2O2. The third-order valence-corrected chi connectivity index (χ3v) is 2.02. The van der Waals surface area contributed by atoms with E-state index in [2.05, 4.69) is 10.3 Å². The standard InChI is InChI=1S/C10H12N2O2/c1-7(11-13)9-3-5-10(6-4-9)8(2)12-14/h3-6,13-14H,1-2H3/b11-7-,12-8+. The van der Waals surface area contributed by atoms with Crippen LogP contribution in [0.3, 0.4) is 0 Å². The summed E-state index contributed by atoms with van der Waals surface area (Å²) in [4.78, 5) is 0. The zero-order valence-electron chi connectivity index (χ0n) is 8.10. The SMILES string of the molecule is C/C(=N/O)c1ccc(/C(C)=N/O)cc1. The van der Waals surface area contributed by atoms with E-state index in [-0.39, 0.29) is 0 Å². The summed E-state index contributed by atoms with van der Waals surface area (Å²) in [5.74, 6) is 0. The number of oxime groups is 2. The quantitative estimate of drug-likeness (QED) is 0.428. The molecule has 0 saturated heterocycles. The smallest absolute Gasteiger partial charge is 0.0836 e. The summed E-state index contributed by atoms with van der Waals surface area (Å²) in [6, 6.07) is 7.22. The van der Waals surface area contributed by atoms with Crippen LogP contribution in [0.4, 0.5) is 0 Å². The summed E-state index contributed by atoms with van der Waals surface area (Å²) < 4.78 is 0. The lowest BCUT2D eigenvalue weighted by molar-refractivity contribution is 0.318. The first-order chi connectivity index (χ1) is 6.69. The largest absolute Gasteiger partial charge is 0.411 e. The Morgan fingerprint density at radius 2 is 1.14 bits per heavy atom. The molecule has 0 aliphatic carbocycles. The monoisotopic (exact) mass is 192 g/mol. The van der Waals surface area contributed by atoms with Gasteiger partial charge in [-0.15, -0.1) is 0 Å². The van der Waals surface area contributed by atoms with Crippen LogP contribution in [0.2, 0.25) is 0 Å². The first-order valence-corrected chi connectivity index (χ1v) is 4.17. The van der Waals surface area contributed by atoms with Gasteiger partial charge < -0.3 is 10.4 Å². The van der Waals surface area contributed by atoms with Crippen LogP contribution in [-0.4, -0.2) is 21.8 Å². The van der Waals surface area contributed by atoms with Gasteiger partial charge in [0.1, 0.15) is 0 Å². The van der Waals surface area contributed by atoms with E-state index in [4.69, 9.17) is 10.4 Å². The molecule has 2 N–H and O–H groups in total. The summed E-state index contributed by atoms with van der Waals surface area (Å²) >= 11 is 0. The van der Waals surface area contributed by atoms with Gasteiger partial charge in [-0.1, -0.05) is 34.6 Å². The number of hydrogen-bond donors (Lipinski definition) is 2. The number of benzene rings is 1. The molecule has 0 heterocycles. The molecule has 1 aromatic rings. The van der Waals surface area contributed by atoms with Crippen LogP contribution < -0.4 is 0 Å². The average Bonchev–Trinajstić information content (AvgIpc) is 2.27. The molecule has 0 bridgehead atoms. The molecule has 0 spiro atoms. The highest BCUT2D eigenvalue weighted by molar-refractivity contribution is 6.01. The van der Waals surface area contributed by atoms with E-state index in [0.29, 0.717) is 11.4 Å². The molecule has 0 unspecified atom stereocenters. The van der Waals surface area contributed by atoms with E-state index >= 15 is 0 Å². The van der Waals surface area contributed by atoms with Gasteiger partial charge in [0, 0.05) is 0 Å². The maximum absolute atomic E-state index is 8.54. The Morgan fingerprint density at radius 1 is 0.857 bits per heavy atom. The van der Waals surface area contributed by atoms with Crippen LogP contribution in [0.25, 0.3) is 0 Å². The van der Waals surface area contributed by atoms with E-state index in [1.165, 1.54) is 0 Å². The average molecular weight is 192 g/mol. The van der Waals surface area contributed by atoms with Crippen LogP contribution in [-0.2, 0) is 0 Å². The molecule has 74 valence electrons. The van der Waals surface area contributed by atoms with E-state index in [0.717, 1.165) is 11.1 Å². The van der Waals surface area contributed by atoms with Crippen LogP contribution in [0.1, 0.15) is 25.0 Å². The molecule has 0 amide bonds. The fourth-order valence-electron chi connectivity index (χ4n) is 1.07. The van der Waals surface area contributed by atoms with Gasteiger partial charge in [0.15, 0.2) is 0 Å². The Hall–Kier alpha value is -1.84. The molecule has 0 aliphatic rings. The van der Waals surface area contributed by atoms with Crippen LogP contribution in [0, 0.1) is 0 Å². The van der Waals surface area contributed by atoms with Crippen molar-refractivity contribution < 1.29 is 10.4 Å². The molecule has 14 heavy (non-hydrogen) atoms. The Kier molecular flexibility index (Phi) is 3.23. The normalized spacial score (nSPS) is 13.0. The number of hydrogen-bond acceptors (Lipinski definition) is 4. The van der Waals surface area contributed by atoms with Crippen LogP contribution >= 0.6 is 0 Å². The highest BCUT2D eigenvalue weighted by atomic mass is 16.4. The Bertz CT molecular complexity index is 329. The zero-order chi connectivity index (χ0) is 10.6. The van der Waals surface area contributed by atoms with Crippen molar-refractivity contribution in [3.63, 3.8) is 0 Å². The van der Waals surface area contributed by atoms with Crippen molar-refractivity contribution in [2.45, 2.75) is 13.8 Å². The third-order valence-electron chi connectivity index (χ3n) is 2.02. The molecule has 4 nitrogen and oxygen atoms in total. The van der Waals surface area contributed by atoms with E-state index < -0.39 is 0 Å². The number of rotatable bonds is 2. The van der Waals surface area contributed by atoms with Crippen molar-refractivity contribution in [1.82, 2.24) is 0 Å². The van der Waals surface area contributed by atoms with Crippen molar-refractivity contribution >= 4 is 11.4 Å².